The Morgan fingerprint density at radius 1 is 1.35 bits per heavy atom. The Bertz CT molecular complexity index is 644. The van der Waals surface area contributed by atoms with Gasteiger partial charge in [-0.15, -0.1) is 0 Å². The monoisotopic (exact) mass is 281 g/mol. The summed E-state index contributed by atoms with van der Waals surface area (Å²) in [6.07, 6.45) is -3.54. The van der Waals surface area contributed by atoms with E-state index < -0.39 is 11.7 Å². The highest BCUT2D eigenvalue weighted by Crippen LogP contribution is 2.36. The summed E-state index contributed by atoms with van der Waals surface area (Å²) in [6, 6.07) is 5.35. The third-order valence-electron chi connectivity index (χ3n) is 3.48. The van der Waals surface area contributed by atoms with Gasteiger partial charge < -0.3 is 5.32 Å². The van der Waals surface area contributed by atoms with Gasteiger partial charge in [-0.2, -0.15) is 18.3 Å². The van der Waals surface area contributed by atoms with E-state index in [2.05, 4.69) is 10.4 Å². The molecule has 1 aromatic carbocycles. The Balaban J connectivity index is 2.10. The van der Waals surface area contributed by atoms with Crippen molar-refractivity contribution in [3.8, 4) is 11.3 Å². The molecule has 0 fully saturated rings. The standard InChI is InChI=1S/C14H14F3N3/c1-2-20-13-11(6-7-18-13)12(19-20)9-4-3-5-10(8-9)14(15,16)17/h3-5,8,18H,2,6-7H2,1H3. The third-order valence-corrected chi connectivity index (χ3v) is 3.48. The zero-order valence-electron chi connectivity index (χ0n) is 11.0. The minimum absolute atomic E-state index is 0.520. The van der Waals surface area contributed by atoms with Crippen LogP contribution < -0.4 is 5.32 Å². The minimum Gasteiger partial charge on any atom is -0.370 e. The molecule has 0 saturated heterocycles. The summed E-state index contributed by atoms with van der Waals surface area (Å²) in [5.74, 6) is 0.930. The Labute approximate surface area is 114 Å². The first-order valence-corrected chi connectivity index (χ1v) is 6.52. The number of rotatable bonds is 2. The summed E-state index contributed by atoms with van der Waals surface area (Å²) >= 11 is 0. The number of hydrogen-bond acceptors (Lipinski definition) is 2. The van der Waals surface area contributed by atoms with E-state index >= 15 is 0 Å². The molecule has 20 heavy (non-hydrogen) atoms. The van der Waals surface area contributed by atoms with E-state index in [9.17, 15) is 13.2 Å². The number of halogens is 3. The molecule has 106 valence electrons. The van der Waals surface area contributed by atoms with Crippen LogP contribution in [0.3, 0.4) is 0 Å². The predicted molar refractivity (Wildman–Crippen MR) is 70.5 cm³/mol. The van der Waals surface area contributed by atoms with Crippen LogP contribution in [0.1, 0.15) is 18.1 Å². The molecule has 0 amide bonds. The largest absolute Gasteiger partial charge is 0.416 e. The van der Waals surface area contributed by atoms with Crippen molar-refractivity contribution in [3.63, 3.8) is 0 Å². The molecular formula is C14H14F3N3. The number of fused-ring (bicyclic) bond motifs is 1. The van der Waals surface area contributed by atoms with Crippen molar-refractivity contribution in [2.24, 2.45) is 0 Å². The average Bonchev–Trinajstić information content (AvgIpc) is 2.99. The van der Waals surface area contributed by atoms with Crippen molar-refractivity contribution >= 4 is 5.82 Å². The van der Waals surface area contributed by atoms with Gasteiger partial charge in [0.15, 0.2) is 0 Å². The third kappa shape index (κ3) is 2.05. The summed E-state index contributed by atoms with van der Waals surface area (Å²) in [5, 5.41) is 7.66. The quantitative estimate of drug-likeness (QED) is 0.912. The van der Waals surface area contributed by atoms with Crippen LogP contribution in [0, 0.1) is 0 Å². The van der Waals surface area contributed by atoms with E-state index in [1.807, 2.05) is 6.92 Å². The molecule has 0 spiro atoms. The van der Waals surface area contributed by atoms with E-state index in [4.69, 9.17) is 0 Å². The number of nitrogens with one attached hydrogen (secondary N) is 1. The Morgan fingerprint density at radius 2 is 2.15 bits per heavy atom. The van der Waals surface area contributed by atoms with Crippen LogP contribution in [-0.2, 0) is 19.1 Å². The molecule has 1 aliphatic heterocycles. The van der Waals surface area contributed by atoms with Gasteiger partial charge in [-0.3, -0.25) is 0 Å². The molecule has 0 aliphatic carbocycles. The fourth-order valence-electron chi connectivity index (χ4n) is 2.54. The maximum Gasteiger partial charge on any atom is 0.416 e. The summed E-state index contributed by atoms with van der Waals surface area (Å²) < 4.78 is 40.2. The SMILES string of the molecule is CCn1nc(-c2cccc(C(F)(F)F)c2)c2c1NCC2. The number of nitrogens with zero attached hydrogens (tertiary/aromatic N) is 2. The molecule has 0 bridgehead atoms. The van der Waals surface area contributed by atoms with Crippen molar-refractivity contribution in [2.75, 3.05) is 11.9 Å². The van der Waals surface area contributed by atoms with Crippen LogP contribution in [-0.4, -0.2) is 16.3 Å². The molecule has 6 heteroatoms. The number of aromatic nitrogens is 2. The summed E-state index contributed by atoms with van der Waals surface area (Å²) in [6.45, 7) is 3.45. The van der Waals surface area contributed by atoms with Crippen LogP contribution in [0.2, 0.25) is 0 Å². The highest BCUT2D eigenvalue weighted by Gasteiger charge is 2.31. The first kappa shape index (κ1) is 13.0. The molecule has 2 heterocycles. The lowest BCUT2D eigenvalue weighted by Gasteiger charge is -2.08. The van der Waals surface area contributed by atoms with E-state index in [1.54, 1.807) is 10.7 Å². The van der Waals surface area contributed by atoms with Gasteiger partial charge in [0.2, 0.25) is 0 Å². The molecule has 1 aromatic heterocycles. The van der Waals surface area contributed by atoms with Crippen molar-refractivity contribution in [1.82, 2.24) is 9.78 Å². The van der Waals surface area contributed by atoms with Gasteiger partial charge >= 0.3 is 6.18 Å². The van der Waals surface area contributed by atoms with Crippen LogP contribution in [0.25, 0.3) is 11.3 Å². The lowest BCUT2D eigenvalue weighted by Crippen LogP contribution is -2.05. The van der Waals surface area contributed by atoms with E-state index in [0.717, 1.165) is 30.4 Å². The fourth-order valence-corrected chi connectivity index (χ4v) is 2.54. The van der Waals surface area contributed by atoms with Gasteiger partial charge in [0.05, 0.1) is 11.3 Å². The maximum absolute atomic E-state index is 12.8. The fraction of sp³-hybridized carbons (Fsp3) is 0.357. The second kappa shape index (κ2) is 4.54. The van der Waals surface area contributed by atoms with Gasteiger partial charge in [-0.25, -0.2) is 4.68 Å². The molecule has 3 nitrogen and oxygen atoms in total. The zero-order valence-corrected chi connectivity index (χ0v) is 11.0. The first-order valence-electron chi connectivity index (χ1n) is 6.52. The number of hydrogen-bond donors (Lipinski definition) is 1. The minimum atomic E-state index is -4.33. The van der Waals surface area contributed by atoms with E-state index in [1.165, 1.54) is 12.1 Å². The van der Waals surface area contributed by atoms with Crippen LogP contribution in [0.4, 0.5) is 19.0 Å². The number of anilines is 1. The lowest BCUT2D eigenvalue weighted by molar-refractivity contribution is -0.137. The van der Waals surface area contributed by atoms with Gasteiger partial charge in [-0.05, 0) is 25.5 Å². The Kier molecular flexibility index (Phi) is 2.96. The zero-order chi connectivity index (χ0) is 14.3. The second-order valence-corrected chi connectivity index (χ2v) is 4.75. The van der Waals surface area contributed by atoms with Gasteiger partial charge in [0.25, 0.3) is 0 Å². The number of aryl methyl sites for hydroxylation is 1. The highest BCUT2D eigenvalue weighted by molar-refractivity contribution is 5.71. The van der Waals surface area contributed by atoms with Crippen LogP contribution in [0.5, 0.6) is 0 Å². The molecule has 0 saturated carbocycles. The van der Waals surface area contributed by atoms with Crippen molar-refractivity contribution < 1.29 is 13.2 Å². The van der Waals surface area contributed by atoms with E-state index in [-0.39, 0.29) is 0 Å². The second-order valence-electron chi connectivity index (χ2n) is 4.75. The average molecular weight is 281 g/mol. The van der Waals surface area contributed by atoms with Gasteiger partial charge in [0, 0.05) is 24.2 Å². The molecule has 0 radical (unpaired) electrons. The summed E-state index contributed by atoms with van der Waals surface area (Å²) in [4.78, 5) is 0. The number of alkyl halides is 3. The smallest absolute Gasteiger partial charge is 0.370 e. The maximum atomic E-state index is 12.8. The molecular weight excluding hydrogens is 267 g/mol. The van der Waals surface area contributed by atoms with Crippen molar-refractivity contribution in [1.29, 1.82) is 0 Å². The lowest BCUT2D eigenvalue weighted by atomic mass is 10.0. The summed E-state index contributed by atoms with van der Waals surface area (Å²) in [5.41, 5.74) is 1.54. The predicted octanol–water partition coefficient (Wildman–Crippen LogP) is 3.56. The summed E-state index contributed by atoms with van der Waals surface area (Å²) in [7, 11) is 0. The van der Waals surface area contributed by atoms with Gasteiger partial charge in [-0.1, -0.05) is 12.1 Å². The van der Waals surface area contributed by atoms with E-state index in [0.29, 0.717) is 17.8 Å². The molecule has 1 aliphatic rings. The molecule has 0 unspecified atom stereocenters. The molecule has 2 aromatic rings. The van der Waals surface area contributed by atoms with Gasteiger partial charge in [0.1, 0.15) is 5.82 Å². The molecule has 3 rings (SSSR count). The van der Waals surface area contributed by atoms with Crippen LogP contribution in [0.15, 0.2) is 24.3 Å². The number of benzene rings is 1. The van der Waals surface area contributed by atoms with Crippen molar-refractivity contribution in [2.45, 2.75) is 26.1 Å². The Hall–Kier alpha value is -1.98. The van der Waals surface area contributed by atoms with Crippen LogP contribution >= 0.6 is 0 Å². The normalized spacial score (nSPS) is 14.2. The van der Waals surface area contributed by atoms with Crippen molar-refractivity contribution in [3.05, 3.63) is 35.4 Å². The first-order chi connectivity index (χ1) is 9.50. The Morgan fingerprint density at radius 3 is 2.85 bits per heavy atom. The topological polar surface area (TPSA) is 29.9 Å². The molecule has 1 N–H and O–H groups in total. The highest BCUT2D eigenvalue weighted by atomic mass is 19.4. The molecule has 0 atom stereocenters.